The molecule has 0 saturated carbocycles. The first kappa shape index (κ1) is 20.9. The van der Waals surface area contributed by atoms with Crippen LogP contribution in [0.2, 0.25) is 10.0 Å². The Hall–Kier alpha value is -0.860. The van der Waals surface area contributed by atoms with Crippen LogP contribution < -0.4 is 0 Å². The van der Waals surface area contributed by atoms with Crippen molar-refractivity contribution in [1.82, 2.24) is 9.21 Å². The van der Waals surface area contributed by atoms with Crippen LogP contribution in [0, 0.1) is 0 Å². The normalized spacial score (nSPS) is 24.8. The Bertz CT molecular complexity index is 815. The number of piperidine rings is 1. The average Bonchev–Trinajstić information content (AvgIpc) is 2.62. The number of carbonyl (C=O) groups excluding carboxylic acids is 1. The zero-order chi connectivity index (χ0) is 19.8. The first-order chi connectivity index (χ1) is 12.7. The number of carbonyl (C=O) groups is 1. The number of rotatable bonds is 3. The summed E-state index contributed by atoms with van der Waals surface area (Å²) in [5, 5.41) is 0.179. The fraction of sp³-hybridized carbons (Fsp3) is 0.611. The molecule has 27 heavy (non-hydrogen) atoms. The van der Waals surface area contributed by atoms with Crippen LogP contribution in [0.15, 0.2) is 17.0 Å². The van der Waals surface area contributed by atoms with Gasteiger partial charge in [-0.25, -0.2) is 8.42 Å². The lowest BCUT2D eigenvalue weighted by Crippen LogP contribution is -2.47. The second-order valence-corrected chi connectivity index (χ2v) is 9.84. The molecule has 9 heteroatoms. The smallest absolute Gasteiger partial charge is 0.255 e. The predicted molar refractivity (Wildman–Crippen MR) is 105 cm³/mol. The highest BCUT2D eigenvalue weighted by Crippen LogP contribution is 2.33. The van der Waals surface area contributed by atoms with Crippen LogP contribution >= 0.6 is 23.2 Å². The van der Waals surface area contributed by atoms with E-state index in [1.54, 1.807) is 4.90 Å². The minimum atomic E-state index is -3.83. The zero-order valence-corrected chi connectivity index (χ0v) is 17.8. The Morgan fingerprint density at radius 3 is 2.26 bits per heavy atom. The molecule has 2 heterocycles. The van der Waals surface area contributed by atoms with E-state index in [0.717, 1.165) is 19.3 Å². The fourth-order valence-corrected chi connectivity index (χ4v) is 6.01. The van der Waals surface area contributed by atoms with E-state index in [9.17, 15) is 13.2 Å². The third kappa shape index (κ3) is 4.12. The van der Waals surface area contributed by atoms with Gasteiger partial charge in [-0.05, 0) is 45.2 Å². The third-order valence-electron chi connectivity index (χ3n) is 5.27. The van der Waals surface area contributed by atoms with Gasteiger partial charge in [-0.1, -0.05) is 23.2 Å². The molecule has 2 atom stereocenters. The maximum absolute atomic E-state index is 13.2. The molecule has 6 nitrogen and oxygen atoms in total. The molecule has 3 rings (SSSR count). The Balaban J connectivity index is 2.00. The Morgan fingerprint density at radius 2 is 1.67 bits per heavy atom. The summed E-state index contributed by atoms with van der Waals surface area (Å²) in [5.74, 6) is -0.255. The molecule has 2 unspecified atom stereocenters. The Morgan fingerprint density at radius 1 is 1.07 bits per heavy atom. The van der Waals surface area contributed by atoms with Crippen molar-refractivity contribution in [3.63, 3.8) is 0 Å². The highest BCUT2D eigenvalue weighted by molar-refractivity contribution is 7.89. The monoisotopic (exact) mass is 434 g/mol. The van der Waals surface area contributed by atoms with Crippen molar-refractivity contribution >= 4 is 39.1 Å². The van der Waals surface area contributed by atoms with E-state index in [4.69, 9.17) is 27.9 Å². The molecule has 2 saturated heterocycles. The van der Waals surface area contributed by atoms with Gasteiger partial charge in [0, 0.05) is 25.2 Å². The molecule has 0 N–H and O–H groups in total. The molecule has 0 aliphatic carbocycles. The molecule has 150 valence electrons. The molecule has 0 aromatic heterocycles. The van der Waals surface area contributed by atoms with Crippen molar-refractivity contribution in [3.05, 3.63) is 27.7 Å². The standard InChI is InChI=1S/C18H24Cl2N2O4S/c1-12-4-3-5-13(2)22(12)18(23)14-10-17(16(20)11-15(14)19)27(24,25)21-6-8-26-9-7-21/h10-13H,3-9H2,1-2H3. The average molecular weight is 435 g/mol. The molecule has 1 aromatic carbocycles. The van der Waals surface area contributed by atoms with Crippen molar-refractivity contribution < 1.29 is 17.9 Å². The van der Waals surface area contributed by atoms with Gasteiger partial charge in [-0.15, -0.1) is 0 Å². The summed E-state index contributed by atoms with van der Waals surface area (Å²) in [5.41, 5.74) is 0.175. The molecule has 2 aliphatic rings. The van der Waals surface area contributed by atoms with Crippen molar-refractivity contribution in [2.24, 2.45) is 0 Å². The number of benzene rings is 1. The highest BCUT2D eigenvalue weighted by Gasteiger charge is 2.34. The van der Waals surface area contributed by atoms with E-state index in [0.29, 0.717) is 13.2 Å². The summed E-state index contributed by atoms with van der Waals surface area (Å²) in [6.07, 6.45) is 2.90. The first-order valence-corrected chi connectivity index (χ1v) is 11.3. The largest absolute Gasteiger partial charge is 0.379 e. The lowest BCUT2D eigenvalue weighted by Gasteiger charge is -2.39. The van der Waals surface area contributed by atoms with Crippen LogP contribution in [-0.4, -0.2) is 61.9 Å². The van der Waals surface area contributed by atoms with Crippen molar-refractivity contribution in [1.29, 1.82) is 0 Å². The maximum Gasteiger partial charge on any atom is 0.255 e. The van der Waals surface area contributed by atoms with Gasteiger partial charge in [-0.2, -0.15) is 4.31 Å². The Kier molecular flexibility index (Phi) is 6.37. The summed E-state index contributed by atoms with van der Waals surface area (Å²) >= 11 is 12.5. The molecule has 1 aromatic rings. The van der Waals surface area contributed by atoms with Gasteiger partial charge in [0.15, 0.2) is 0 Å². The minimum Gasteiger partial charge on any atom is -0.379 e. The number of hydrogen-bond donors (Lipinski definition) is 0. The number of sulfonamides is 1. The number of morpholine rings is 1. The first-order valence-electron chi connectivity index (χ1n) is 9.13. The van der Waals surface area contributed by atoms with Gasteiger partial charge in [0.25, 0.3) is 5.91 Å². The number of likely N-dealkylation sites (tertiary alicyclic amines) is 1. The van der Waals surface area contributed by atoms with Crippen LogP contribution in [0.3, 0.4) is 0 Å². The molecule has 0 spiro atoms. The zero-order valence-electron chi connectivity index (χ0n) is 15.5. The van der Waals surface area contributed by atoms with Gasteiger partial charge in [0.2, 0.25) is 10.0 Å². The third-order valence-corrected chi connectivity index (χ3v) is 7.94. The highest BCUT2D eigenvalue weighted by atomic mass is 35.5. The van der Waals surface area contributed by atoms with E-state index in [1.165, 1.54) is 16.4 Å². The quantitative estimate of drug-likeness (QED) is 0.730. The molecule has 0 radical (unpaired) electrons. The summed E-state index contributed by atoms with van der Waals surface area (Å²) in [7, 11) is -3.83. The van der Waals surface area contributed by atoms with E-state index < -0.39 is 10.0 Å². The SMILES string of the molecule is CC1CCCC(C)N1C(=O)c1cc(S(=O)(=O)N2CCOCC2)c(Cl)cc1Cl. The van der Waals surface area contributed by atoms with Crippen LogP contribution in [-0.2, 0) is 14.8 Å². The second-order valence-electron chi connectivity index (χ2n) is 7.12. The van der Waals surface area contributed by atoms with Crippen LogP contribution in [0.1, 0.15) is 43.5 Å². The van der Waals surface area contributed by atoms with Gasteiger partial charge in [-0.3, -0.25) is 4.79 Å². The van der Waals surface area contributed by atoms with Gasteiger partial charge in [0.05, 0.1) is 28.8 Å². The summed E-state index contributed by atoms with van der Waals surface area (Å²) in [4.78, 5) is 14.9. The molecular formula is C18H24Cl2N2O4S. The van der Waals surface area contributed by atoms with Crippen LogP contribution in [0.5, 0.6) is 0 Å². The Labute approximate surface area is 170 Å². The predicted octanol–water partition coefficient (Wildman–Crippen LogP) is 3.42. The number of nitrogens with zero attached hydrogens (tertiary/aromatic N) is 2. The minimum absolute atomic E-state index is 0.0165. The number of ether oxygens (including phenoxy) is 1. The molecule has 2 aliphatic heterocycles. The van der Waals surface area contributed by atoms with E-state index in [1.807, 2.05) is 13.8 Å². The number of hydrogen-bond acceptors (Lipinski definition) is 4. The van der Waals surface area contributed by atoms with E-state index >= 15 is 0 Å². The van der Waals surface area contributed by atoms with Gasteiger partial charge < -0.3 is 9.64 Å². The molecular weight excluding hydrogens is 411 g/mol. The van der Waals surface area contributed by atoms with E-state index in [-0.39, 0.29) is 51.6 Å². The number of amides is 1. The lowest BCUT2D eigenvalue weighted by atomic mass is 9.96. The lowest BCUT2D eigenvalue weighted by molar-refractivity contribution is 0.0510. The molecule has 1 amide bonds. The summed E-state index contributed by atoms with van der Waals surface area (Å²) in [6, 6.07) is 2.83. The fourth-order valence-electron chi connectivity index (χ4n) is 3.78. The summed E-state index contributed by atoms with van der Waals surface area (Å²) in [6.45, 7) is 5.18. The van der Waals surface area contributed by atoms with Crippen molar-refractivity contribution in [3.8, 4) is 0 Å². The van der Waals surface area contributed by atoms with Crippen LogP contribution in [0.25, 0.3) is 0 Å². The topological polar surface area (TPSA) is 66.9 Å². The number of halogens is 2. The summed E-state index contributed by atoms with van der Waals surface area (Å²) < 4.78 is 32.6. The van der Waals surface area contributed by atoms with Crippen molar-refractivity contribution in [2.45, 2.75) is 50.1 Å². The van der Waals surface area contributed by atoms with Crippen LogP contribution in [0.4, 0.5) is 0 Å². The molecule has 2 fully saturated rings. The molecule has 0 bridgehead atoms. The second kappa shape index (κ2) is 8.25. The maximum atomic E-state index is 13.2. The van der Waals surface area contributed by atoms with Crippen molar-refractivity contribution in [2.75, 3.05) is 26.3 Å². The van der Waals surface area contributed by atoms with Gasteiger partial charge >= 0.3 is 0 Å². The van der Waals surface area contributed by atoms with Gasteiger partial charge in [0.1, 0.15) is 4.90 Å². The van der Waals surface area contributed by atoms with E-state index in [2.05, 4.69) is 0 Å².